The van der Waals surface area contributed by atoms with Gasteiger partial charge in [0.2, 0.25) is 11.9 Å². The number of rotatable bonds is 3. The highest BCUT2D eigenvalue weighted by Crippen LogP contribution is 2.41. The van der Waals surface area contributed by atoms with Crippen LogP contribution in [0.25, 0.3) is 0 Å². The molecule has 1 spiro atoms. The van der Waals surface area contributed by atoms with Crippen LogP contribution in [-0.2, 0) is 16.1 Å². The molecule has 0 aromatic carbocycles. The standard InChI is InChI=1S/C18H20FN5O.C2HF3O2/c19-15-10-21-17(22-11-15)24-7-2-4-18(13-24)5-8-23(16(18)25)12-14-3-1-6-20-9-14;3-2(4,5)1(6)7/h1,3,6,9-11H,2,4-5,7-8,12-13H2;(H,6,7). The first kappa shape index (κ1) is 23.4. The number of carboxylic acids is 1. The van der Waals surface area contributed by atoms with E-state index in [-0.39, 0.29) is 11.3 Å². The summed E-state index contributed by atoms with van der Waals surface area (Å²) < 4.78 is 44.8. The Morgan fingerprint density at radius 3 is 2.44 bits per heavy atom. The summed E-state index contributed by atoms with van der Waals surface area (Å²) in [4.78, 5) is 38.2. The number of pyridine rings is 1. The van der Waals surface area contributed by atoms with Crippen molar-refractivity contribution in [2.24, 2.45) is 5.41 Å². The van der Waals surface area contributed by atoms with Crippen LogP contribution in [0.3, 0.4) is 0 Å². The number of alkyl halides is 3. The summed E-state index contributed by atoms with van der Waals surface area (Å²) in [6, 6.07) is 3.88. The highest BCUT2D eigenvalue weighted by Gasteiger charge is 2.49. The van der Waals surface area contributed by atoms with Crippen LogP contribution < -0.4 is 4.90 Å². The molecule has 1 atom stereocenters. The lowest BCUT2D eigenvalue weighted by atomic mass is 9.78. The first-order valence-corrected chi connectivity index (χ1v) is 9.82. The lowest BCUT2D eigenvalue weighted by Crippen LogP contribution is -2.48. The third-order valence-electron chi connectivity index (χ3n) is 5.41. The van der Waals surface area contributed by atoms with Gasteiger partial charge in [-0.05, 0) is 30.9 Å². The summed E-state index contributed by atoms with van der Waals surface area (Å²) >= 11 is 0. The number of piperidine rings is 1. The van der Waals surface area contributed by atoms with E-state index in [2.05, 4.69) is 15.0 Å². The van der Waals surface area contributed by atoms with Gasteiger partial charge in [-0.25, -0.2) is 19.2 Å². The number of aliphatic carboxylic acids is 1. The molecule has 172 valence electrons. The Balaban J connectivity index is 0.000000360. The molecule has 32 heavy (non-hydrogen) atoms. The fourth-order valence-corrected chi connectivity index (χ4v) is 3.91. The lowest BCUT2D eigenvalue weighted by Gasteiger charge is -2.39. The number of carbonyl (C=O) groups is 2. The van der Waals surface area contributed by atoms with E-state index in [1.807, 2.05) is 21.9 Å². The summed E-state index contributed by atoms with van der Waals surface area (Å²) in [5.41, 5.74) is 0.667. The van der Waals surface area contributed by atoms with Crippen LogP contribution in [0, 0.1) is 11.2 Å². The van der Waals surface area contributed by atoms with Gasteiger partial charge in [-0.15, -0.1) is 0 Å². The zero-order chi connectivity index (χ0) is 23.4. The molecule has 0 saturated carbocycles. The number of anilines is 1. The van der Waals surface area contributed by atoms with E-state index in [4.69, 9.17) is 9.90 Å². The zero-order valence-corrected chi connectivity index (χ0v) is 16.9. The van der Waals surface area contributed by atoms with Crippen LogP contribution in [-0.4, -0.2) is 62.6 Å². The molecule has 0 bridgehead atoms. The molecule has 1 N–H and O–H groups in total. The SMILES string of the molecule is O=C(O)C(F)(F)F.O=C1N(Cc2cccnc2)CCC12CCCN(c1ncc(F)cn1)C2. The topological polar surface area (TPSA) is 99.5 Å². The highest BCUT2D eigenvalue weighted by atomic mass is 19.4. The van der Waals surface area contributed by atoms with E-state index >= 15 is 0 Å². The maximum atomic E-state index is 13.1. The van der Waals surface area contributed by atoms with Crippen molar-refractivity contribution in [1.82, 2.24) is 19.9 Å². The second kappa shape index (κ2) is 9.45. The molecule has 2 aliphatic heterocycles. The number of carbonyl (C=O) groups excluding carboxylic acids is 1. The quantitative estimate of drug-likeness (QED) is 0.711. The minimum absolute atomic E-state index is 0.197. The summed E-state index contributed by atoms with van der Waals surface area (Å²) in [5, 5.41) is 7.12. The normalized spacial score (nSPS) is 20.8. The average molecular weight is 455 g/mol. The van der Waals surface area contributed by atoms with Crippen molar-refractivity contribution in [3.8, 4) is 0 Å². The number of hydrogen-bond acceptors (Lipinski definition) is 6. The summed E-state index contributed by atoms with van der Waals surface area (Å²) in [5.74, 6) is -2.51. The van der Waals surface area contributed by atoms with Crippen molar-refractivity contribution >= 4 is 17.8 Å². The molecule has 2 saturated heterocycles. The predicted molar refractivity (Wildman–Crippen MR) is 104 cm³/mol. The summed E-state index contributed by atoms with van der Waals surface area (Å²) in [7, 11) is 0. The number of amides is 1. The van der Waals surface area contributed by atoms with Crippen molar-refractivity contribution < 1.29 is 32.3 Å². The Morgan fingerprint density at radius 2 is 1.84 bits per heavy atom. The third kappa shape index (κ3) is 5.48. The van der Waals surface area contributed by atoms with Gasteiger partial charge >= 0.3 is 12.1 Å². The van der Waals surface area contributed by atoms with Crippen molar-refractivity contribution in [1.29, 1.82) is 0 Å². The average Bonchev–Trinajstić information content (AvgIpc) is 3.04. The molecule has 0 aliphatic carbocycles. The van der Waals surface area contributed by atoms with E-state index in [1.54, 1.807) is 12.4 Å². The molecule has 8 nitrogen and oxygen atoms in total. The molecule has 2 fully saturated rings. The van der Waals surface area contributed by atoms with Gasteiger partial charge in [0, 0.05) is 38.6 Å². The number of halogens is 4. The number of nitrogens with zero attached hydrogens (tertiary/aromatic N) is 5. The van der Waals surface area contributed by atoms with Crippen LogP contribution in [0.1, 0.15) is 24.8 Å². The van der Waals surface area contributed by atoms with Gasteiger partial charge in [0.05, 0.1) is 17.8 Å². The van der Waals surface area contributed by atoms with Crippen LogP contribution in [0.4, 0.5) is 23.5 Å². The molecule has 2 aromatic heterocycles. The highest BCUT2D eigenvalue weighted by molar-refractivity contribution is 5.85. The fraction of sp³-hybridized carbons (Fsp3) is 0.450. The number of carboxylic acid groups (broad SMARTS) is 1. The van der Waals surface area contributed by atoms with Crippen LogP contribution >= 0.6 is 0 Å². The molecule has 12 heteroatoms. The Morgan fingerprint density at radius 1 is 1.16 bits per heavy atom. The molecule has 2 aromatic rings. The van der Waals surface area contributed by atoms with Gasteiger partial charge in [0.15, 0.2) is 5.82 Å². The first-order valence-electron chi connectivity index (χ1n) is 9.82. The fourth-order valence-electron chi connectivity index (χ4n) is 3.91. The van der Waals surface area contributed by atoms with Gasteiger partial charge in [-0.3, -0.25) is 9.78 Å². The molecular formula is C20H21F4N5O3. The van der Waals surface area contributed by atoms with Crippen molar-refractivity contribution in [2.75, 3.05) is 24.5 Å². The van der Waals surface area contributed by atoms with Crippen LogP contribution in [0.15, 0.2) is 36.9 Å². The second-order valence-corrected chi connectivity index (χ2v) is 7.65. The third-order valence-corrected chi connectivity index (χ3v) is 5.41. The number of hydrogen-bond donors (Lipinski definition) is 1. The maximum absolute atomic E-state index is 13.1. The van der Waals surface area contributed by atoms with Crippen LogP contribution in [0.2, 0.25) is 0 Å². The second-order valence-electron chi connectivity index (χ2n) is 7.65. The van der Waals surface area contributed by atoms with Crippen molar-refractivity contribution in [3.05, 3.63) is 48.3 Å². The van der Waals surface area contributed by atoms with E-state index in [0.717, 1.165) is 37.9 Å². The number of aromatic nitrogens is 3. The predicted octanol–water partition coefficient (Wildman–Crippen LogP) is 2.66. The molecule has 1 unspecified atom stereocenters. The Bertz CT molecular complexity index is 943. The van der Waals surface area contributed by atoms with Crippen molar-refractivity contribution in [3.63, 3.8) is 0 Å². The van der Waals surface area contributed by atoms with E-state index < -0.39 is 18.0 Å². The van der Waals surface area contributed by atoms with Gasteiger partial charge in [-0.1, -0.05) is 6.07 Å². The minimum atomic E-state index is -5.08. The van der Waals surface area contributed by atoms with Gasteiger partial charge < -0.3 is 14.9 Å². The molecule has 4 rings (SSSR count). The monoisotopic (exact) mass is 455 g/mol. The van der Waals surface area contributed by atoms with E-state index in [9.17, 15) is 22.4 Å². The Kier molecular flexibility index (Phi) is 6.90. The minimum Gasteiger partial charge on any atom is -0.475 e. The first-order chi connectivity index (χ1) is 15.1. The van der Waals surface area contributed by atoms with Gasteiger partial charge in [0.1, 0.15) is 0 Å². The van der Waals surface area contributed by atoms with E-state index in [0.29, 0.717) is 19.0 Å². The molecule has 2 aliphatic rings. The maximum Gasteiger partial charge on any atom is 0.490 e. The Hall–Kier alpha value is -3.31. The largest absolute Gasteiger partial charge is 0.490 e. The van der Waals surface area contributed by atoms with Gasteiger partial charge in [-0.2, -0.15) is 13.2 Å². The van der Waals surface area contributed by atoms with Crippen molar-refractivity contribution in [2.45, 2.75) is 32.0 Å². The summed E-state index contributed by atoms with van der Waals surface area (Å²) in [6.45, 7) is 2.75. The zero-order valence-electron chi connectivity index (χ0n) is 16.9. The smallest absolute Gasteiger partial charge is 0.475 e. The Labute approximate surface area is 180 Å². The number of likely N-dealkylation sites (tertiary alicyclic amines) is 1. The lowest BCUT2D eigenvalue weighted by molar-refractivity contribution is -0.192. The molecule has 1 amide bonds. The van der Waals surface area contributed by atoms with Crippen LogP contribution in [0.5, 0.6) is 0 Å². The molecular weight excluding hydrogens is 434 g/mol. The van der Waals surface area contributed by atoms with Gasteiger partial charge in [0.25, 0.3) is 0 Å². The summed E-state index contributed by atoms with van der Waals surface area (Å²) in [6.07, 6.45) is 3.43. The molecule has 0 radical (unpaired) electrons. The van der Waals surface area contributed by atoms with E-state index in [1.165, 1.54) is 12.4 Å². The molecule has 4 heterocycles.